The van der Waals surface area contributed by atoms with Gasteiger partial charge in [0.1, 0.15) is 5.69 Å². The largest absolute Gasteiger partial charge is 0.347 e. The summed E-state index contributed by atoms with van der Waals surface area (Å²) < 4.78 is 1.60. The van der Waals surface area contributed by atoms with Crippen molar-refractivity contribution in [1.82, 2.24) is 15.1 Å². The zero-order chi connectivity index (χ0) is 14.8. The smallest absolute Gasteiger partial charge is 0.269 e. The third-order valence-corrected chi connectivity index (χ3v) is 3.50. The summed E-state index contributed by atoms with van der Waals surface area (Å²) in [6, 6.07) is 16.2. The molecular formula is C17H17N3O. The molecule has 0 spiro atoms. The first kappa shape index (κ1) is 13.4. The first-order chi connectivity index (χ1) is 10.1. The third kappa shape index (κ3) is 2.79. The second kappa shape index (κ2) is 5.40. The number of hydrogen-bond donors (Lipinski definition) is 1. The van der Waals surface area contributed by atoms with Crippen molar-refractivity contribution < 1.29 is 4.79 Å². The number of hydrogen-bond acceptors (Lipinski definition) is 2. The maximum absolute atomic E-state index is 12.1. The van der Waals surface area contributed by atoms with Crippen LogP contribution in [0.5, 0.6) is 0 Å². The molecule has 1 amide bonds. The number of nitrogens with one attached hydrogen (secondary N) is 1. The lowest BCUT2D eigenvalue weighted by atomic mass is 10.1. The number of aromatic nitrogens is 2. The number of benzene rings is 2. The van der Waals surface area contributed by atoms with E-state index in [1.54, 1.807) is 17.8 Å². The number of nitrogens with zero attached hydrogens (tertiary/aromatic N) is 2. The Morgan fingerprint density at radius 1 is 1.14 bits per heavy atom. The van der Waals surface area contributed by atoms with E-state index < -0.39 is 0 Å². The first-order valence-electron chi connectivity index (χ1n) is 6.90. The minimum atomic E-state index is -0.105. The Morgan fingerprint density at radius 3 is 2.62 bits per heavy atom. The number of carbonyl (C=O) groups is 1. The zero-order valence-electron chi connectivity index (χ0n) is 12.1. The molecule has 0 radical (unpaired) electrons. The monoisotopic (exact) mass is 279 g/mol. The first-order valence-corrected chi connectivity index (χ1v) is 6.90. The van der Waals surface area contributed by atoms with Crippen LogP contribution in [0.25, 0.3) is 10.8 Å². The molecule has 0 saturated heterocycles. The van der Waals surface area contributed by atoms with Crippen LogP contribution in [0, 0.1) is 6.92 Å². The topological polar surface area (TPSA) is 46.9 Å². The van der Waals surface area contributed by atoms with Gasteiger partial charge in [0.05, 0.1) is 5.69 Å². The molecule has 0 atom stereocenters. The Morgan fingerprint density at radius 2 is 1.90 bits per heavy atom. The quantitative estimate of drug-likeness (QED) is 0.801. The highest BCUT2D eigenvalue weighted by molar-refractivity contribution is 5.92. The van der Waals surface area contributed by atoms with Crippen LogP contribution in [0.1, 0.15) is 21.7 Å². The van der Waals surface area contributed by atoms with Gasteiger partial charge in [0.25, 0.3) is 5.91 Å². The maximum atomic E-state index is 12.1. The number of aryl methyl sites for hydroxylation is 2. The minimum absolute atomic E-state index is 0.105. The van der Waals surface area contributed by atoms with Gasteiger partial charge in [-0.25, -0.2) is 0 Å². The molecule has 1 aromatic heterocycles. The van der Waals surface area contributed by atoms with E-state index in [1.807, 2.05) is 25.1 Å². The number of amides is 1. The molecule has 0 saturated carbocycles. The molecule has 1 N–H and O–H groups in total. The second-order valence-corrected chi connectivity index (χ2v) is 5.16. The van der Waals surface area contributed by atoms with E-state index in [9.17, 15) is 4.79 Å². The van der Waals surface area contributed by atoms with Crippen LogP contribution < -0.4 is 5.32 Å². The molecule has 106 valence electrons. The predicted molar refractivity (Wildman–Crippen MR) is 83.1 cm³/mol. The van der Waals surface area contributed by atoms with Gasteiger partial charge in [0, 0.05) is 13.6 Å². The van der Waals surface area contributed by atoms with Crippen LogP contribution in [0.4, 0.5) is 0 Å². The normalized spacial score (nSPS) is 10.8. The highest BCUT2D eigenvalue weighted by Gasteiger charge is 2.11. The van der Waals surface area contributed by atoms with Gasteiger partial charge in [-0.05, 0) is 35.4 Å². The molecule has 4 nitrogen and oxygen atoms in total. The summed E-state index contributed by atoms with van der Waals surface area (Å²) in [4.78, 5) is 12.1. The van der Waals surface area contributed by atoms with Crippen LogP contribution in [0.15, 0.2) is 48.5 Å². The molecule has 0 aliphatic heterocycles. The lowest BCUT2D eigenvalue weighted by Gasteiger charge is -2.06. The summed E-state index contributed by atoms with van der Waals surface area (Å²) >= 11 is 0. The highest BCUT2D eigenvalue weighted by atomic mass is 16.2. The summed E-state index contributed by atoms with van der Waals surface area (Å²) in [5.41, 5.74) is 2.50. The molecule has 1 heterocycles. The van der Waals surface area contributed by atoms with E-state index in [1.165, 1.54) is 10.8 Å². The number of fused-ring (bicyclic) bond motifs is 1. The van der Waals surface area contributed by atoms with Gasteiger partial charge in [-0.15, -0.1) is 0 Å². The average Bonchev–Trinajstić information content (AvgIpc) is 2.83. The Balaban J connectivity index is 1.74. The summed E-state index contributed by atoms with van der Waals surface area (Å²) in [7, 11) is 1.78. The highest BCUT2D eigenvalue weighted by Crippen LogP contribution is 2.15. The average molecular weight is 279 g/mol. The zero-order valence-corrected chi connectivity index (χ0v) is 12.1. The van der Waals surface area contributed by atoms with E-state index in [4.69, 9.17) is 0 Å². The van der Waals surface area contributed by atoms with Crippen molar-refractivity contribution in [3.63, 3.8) is 0 Å². The van der Waals surface area contributed by atoms with Crippen LogP contribution in [0.3, 0.4) is 0 Å². The SMILES string of the molecule is Cc1cc(C(=O)NCc2ccc3ccccc3c2)n(C)n1. The van der Waals surface area contributed by atoms with Gasteiger partial charge < -0.3 is 5.32 Å². The lowest BCUT2D eigenvalue weighted by Crippen LogP contribution is -2.25. The van der Waals surface area contributed by atoms with E-state index in [-0.39, 0.29) is 5.91 Å². The van der Waals surface area contributed by atoms with Crippen LogP contribution in [0.2, 0.25) is 0 Å². The predicted octanol–water partition coefficient (Wildman–Crippen LogP) is 2.81. The molecular weight excluding hydrogens is 262 g/mol. The van der Waals surface area contributed by atoms with E-state index in [2.05, 4.69) is 34.7 Å². The molecule has 0 unspecified atom stereocenters. The molecule has 4 heteroatoms. The van der Waals surface area contributed by atoms with Crippen molar-refractivity contribution in [2.75, 3.05) is 0 Å². The summed E-state index contributed by atoms with van der Waals surface area (Å²) in [5, 5.41) is 9.50. The van der Waals surface area contributed by atoms with Crippen molar-refractivity contribution in [2.24, 2.45) is 7.05 Å². The van der Waals surface area contributed by atoms with Gasteiger partial charge in [-0.3, -0.25) is 9.48 Å². The molecule has 3 rings (SSSR count). The molecule has 0 bridgehead atoms. The Labute approximate surface area is 123 Å². The van der Waals surface area contributed by atoms with Gasteiger partial charge >= 0.3 is 0 Å². The molecule has 21 heavy (non-hydrogen) atoms. The van der Waals surface area contributed by atoms with Crippen molar-refractivity contribution in [3.8, 4) is 0 Å². The second-order valence-electron chi connectivity index (χ2n) is 5.16. The maximum Gasteiger partial charge on any atom is 0.269 e. The van der Waals surface area contributed by atoms with Crippen molar-refractivity contribution >= 4 is 16.7 Å². The molecule has 0 aliphatic carbocycles. The molecule has 0 aliphatic rings. The van der Waals surface area contributed by atoms with E-state index in [0.29, 0.717) is 12.2 Å². The lowest BCUT2D eigenvalue weighted by molar-refractivity contribution is 0.0941. The Hall–Kier alpha value is -2.62. The standard InChI is InChI=1S/C17H17N3O/c1-12-9-16(20(2)19-12)17(21)18-11-13-7-8-14-5-3-4-6-15(14)10-13/h3-10H,11H2,1-2H3,(H,18,21). The van der Waals surface area contributed by atoms with Gasteiger partial charge in [-0.1, -0.05) is 36.4 Å². The fourth-order valence-corrected chi connectivity index (χ4v) is 2.44. The van der Waals surface area contributed by atoms with E-state index >= 15 is 0 Å². The van der Waals surface area contributed by atoms with Crippen molar-refractivity contribution in [3.05, 3.63) is 65.5 Å². The Bertz CT molecular complexity index is 805. The van der Waals surface area contributed by atoms with Crippen molar-refractivity contribution in [2.45, 2.75) is 13.5 Å². The van der Waals surface area contributed by atoms with Crippen LogP contribution >= 0.6 is 0 Å². The minimum Gasteiger partial charge on any atom is -0.347 e. The van der Waals surface area contributed by atoms with Gasteiger partial charge in [0.15, 0.2) is 0 Å². The molecule has 0 fully saturated rings. The van der Waals surface area contributed by atoms with Crippen LogP contribution in [-0.4, -0.2) is 15.7 Å². The number of rotatable bonds is 3. The fraction of sp³-hybridized carbons (Fsp3) is 0.176. The fourth-order valence-electron chi connectivity index (χ4n) is 2.44. The van der Waals surface area contributed by atoms with Crippen molar-refractivity contribution in [1.29, 1.82) is 0 Å². The summed E-state index contributed by atoms with van der Waals surface area (Å²) in [6.45, 7) is 2.38. The molecule has 2 aromatic carbocycles. The summed E-state index contributed by atoms with van der Waals surface area (Å²) in [6.07, 6.45) is 0. The third-order valence-electron chi connectivity index (χ3n) is 3.50. The van der Waals surface area contributed by atoms with Gasteiger partial charge in [-0.2, -0.15) is 5.10 Å². The molecule has 3 aromatic rings. The number of carbonyl (C=O) groups excluding carboxylic acids is 1. The van der Waals surface area contributed by atoms with Crippen LogP contribution in [-0.2, 0) is 13.6 Å². The van der Waals surface area contributed by atoms with Gasteiger partial charge in [0.2, 0.25) is 0 Å². The van der Waals surface area contributed by atoms with E-state index in [0.717, 1.165) is 11.3 Å². The Kier molecular flexibility index (Phi) is 3.44. The summed E-state index contributed by atoms with van der Waals surface area (Å²) in [5.74, 6) is -0.105.